The molecule has 0 bridgehead atoms. The third-order valence-electron chi connectivity index (χ3n) is 1.09. The molecule has 2 heteroatoms. The van der Waals surface area contributed by atoms with Gasteiger partial charge in [-0.2, -0.15) is 0 Å². The van der Waals surface area contributed by atoms with Gasteiger partial charge in [0.1, 0.15) is 6.10 Å². The van der Waals surface area contributed by atoms with Gasteiger partial charge in [0.2, 0.25) is 0 Å². The van der Waals surface area contributed by atoms with E-state index in [1.54, 1.807) is 0 Å². The zero-order valence-electron chi connectivity index (χ0n) is 5.74. The smallest absolute Gasteiger partial charge is 0.150 e. The fraction of sp³-hybridized carbons (Fsp3) is 0.111. The highest BCUT2D eigenvalue weighted by Crippen LogP contribution is 2.17. The molecule has 54 valence electrons. The Morgan fingerprint density at radius 1 is 1.64 bits per heavy atom. The van der Waals surface area contributed by atoms with Gasteiger partial charge in [-0.05, 0) is 23.3 Å². The second-order valence-corrected chi connectivity index (χ2v) is 2.81. The van der Waals surface area contributed by atoms with E-state index in [1.807, 2.05) is 17.5 Å². The zero-order chi connectivity index (χ0) is 8.10. The average Bonchev–Trinajstić information content (AvgIpc) is 2.52. The van der Waals surface area contributed by atoms with Gasteiger partial charge in [-0.25, -0.2) is 0 Å². The minimum absolute atomic E-state index is 0.731. The second-order valence-electron chi connectivity index (χ2n) is 1.83. The Morgan fingerprint density at radius 3 is 3.00 bits per heavy atom. The van der Waals surface area contributed by atoms with Crippen molar-refractivity contribution in [1.29, 1.82) is 0 Å². The van der Waals surface area contributed by atoms with Gasteiger partial charge in [-0.3, -0.25) is 0 Å². The summed E-state index contributed by atoms with van der Waals surface area (Å²) >= 11 is 1.46. The SMILES string of the molecule is C#CC#CC(O)c1cccs1. The number of hydrogen-bond donors (Lipinski definition) is 1. The molecule has 0 aliphatic carbocycles. The molecule has 0 aliphatic rings. The van der Waals surface area contributed by atoms with Crippen LogP contribution in [0, 0.1) is 24.2 Å². The molecule has 0 amide bonds. The predicted octanol–water partition coefficient (Wildman–Crippen LogP) is 1.42. The van der Waals surface area contributed by atoms with Crippen molar-refractivity contribution in [3.63, 3.8) is 0 Å². The van der Waals surface area contributed by atoms with Crippen molar-refractivity contribution in [2.24, 2.45) is 0 Å². The maximum Gasteiger partial charge on any atom is 0.150 e. The zero-order valence-corrected chi connectivity index (χ0v) is 6.56. The molecule has 0 aliphatic heterocycles. The molecular weight excluding hydrogens is 156 g/mol. The molecule has 0 spiro atoms. The summed E-state index contributed by atoms with van der Waals surface area (Å²) < 4.78 is 0. The molecule has 1 N–H and O–H groups in total. The maximum atomic E-state index is 9.28. The number of rotatable bonds is 1. The van der Waals surface area contributed by atoms with Crippen LogP contribution >= 0.6 is 11.3 Å². The van der Waals surface area contributed by atoms with Crippen molar-refractivity contribution in [3.8, 4) is 24.2 Å². The van der Waals surface area contributed by atoms with Gasteiger partial charge in [0, 0.05) is 4.88 Å². The van der Waals surface area contributed by atoms with Crippen LogP contribution in [-0.4, -0.2) is 5.11 Å². The van der Waals surface area contributed by atoms with Crippen LogP contribution in [0.4, 0.5) is 0 Å². The first-order valence-corrected chi connectivity index (χ1v) is 3.90. The van der Waals surface area contributed by atoms with Gasteiger partial charge in [0.05, 0.1) is 0 Å². The van der Waals surface area contributed by atoms with E-state index in [0.29, 0.717) is 0 Å². The molecule has 1 unspecified atom stereocenters. The highest BCUT2D eigenvalue weighted by Gasteiger charge is 2.02. The second kappa shape index (κ2) is 3.83. The van der Waals surface area contributed by atoms with Crippen molar-refractivity contribution >= 4 is 11.3 Å². The van der Waals surface area contributed by atoms with Crippen LogP contribution in [0.15, 0.2) is 17.5 Å². The largest absolute Gasteiger partial charge is 0.375 e. The van der Waals surface area contributed by atoms with Crippen LogP contribution in [-0.2, 0) is 0 Å². The lowest BCUT2D eigenvalue weighted by molar-refractivity contribution is 0.242. The molecule has 1 atom stereocenters. The van der Waals surface area contributed by atoms with Crippen LogP contribution < -0.4 is 0 Å². The van der Waals surface area contributed by atoms with E-state index < -0.39 is 6.10 Å². The monoisotopic (exact) mass is 162 g/mol. The van der Waals surface area contributed by atoms with E-state index in [1.165, 1.54) is 11.3 Å². The summed E-state index contributed by atoms with van der Waals surface area (Å²) in [6.07, 6.45) is 4.17. The Morgan fingerprint density at radius 2 is 2.45 bits per heavy atom. The lowest BCUT2D eigenvalue weighted by Crippen LogP contribution is -1.87. The van der Waals surface area contributed by atoms with Gasteiger partial charge in [-0.1, -0.05) is 12.0 Å². The Kier molecular flexibility index (Phi) is 2.74. The minimum atomic E-state index is -0.731. The normalized spacial score (nSPS) is 10.9. The summed E-state index contributed by atoms with van der Waals surface area (Å²) in [6.45, 7) is 0. The van der Waals surface area contributed by atoms with Gasteiger partial charge >= 0.3 is 0 Å². The van der Waals surface area contributed by atoms with Crippen LogP contribution in [0.3, 0.4) is 0 Å². The van der Waals surface area contributed by atoms with E-state index in [4.69, 9.17) is 6.42 Å². The predicted molar refractivity (Wildman–Crippen MR) is 45.9 cm³/mol. The van der Waals surface area contributed by atoms with Crippen molar-refractivity contribution in [2.75, 3.05) is 0 Å². The van der Waals surface area contributed by atoms with Crippen molar-refractivity contribution < 1.29 is 5.11 Å². The third kappa shape index (κ3) is 2.13. The van der Waals surface area contributed by atoms with E-state index >= 15 is 0 Å². The first-order chi connectivity index (χ1) is 5.34. The lowest BCUT2D eigenvalue weighted by Gasteiger charge is -1.95. The Labute approximate surface area is 69.7 Å². The molecule has 0 aromatic carbocycles. The first kappa shape index (κ1) is 7.88. The number of aliphatic hydroxyl groups excluding tert-OH is 1. The van der Waals surface area contributed by atoms with Gasteiger partial charge in [-0.15, -0.1) is 17.8 Å². The summed E-state index contributed by atoms with van der Waals surface area (Å²) in [5, 5.41) is 11.2. The molecule has 1 heterocycles. The van der Waals surface area contributed by atoms with Crippen LogP contribution in [0.2, 0.25) is 0 Å². The summed E-state index contributed by atoms with van der Waals surface area (Å²) in [5.74, 6) is 7.03. The minimum Gasteiger partial charge on any atom is -0.375 e. The van der Waals surface area contributed by atoms with Crippen LogP contribution in [0.25, 0.3) is 0 Å². The molecule has 0 saturated carbocycles. The van der Waals surface area contributed by atoms with Crippen LogP contribution in [0.1, 0.15) is 11.0 Å². The number of thiophene rings is 1. The summed E-state index contributed by atoms with van der Waals surface area (Å²) in [4.78, 5) is 0.827. The lowest BCUT2D eigenvalue weighted by atomic mass is 10.3. The number of aliphatic hydroxyl groups is 1. The fourth-order valence-corrected chi connectivity index (χ4v) is 1.29. The number of hydrogen-bond acceptors (Lipinski definition) is 2. The van der Waals surface area contributed by atoms with E-state index in [0.717, 1.165) is 4.88 Å². The van der Waals surface area contributed by atoms with Gasteiger partial charge < -0.3 is 5.11 Å². The van der Waals surface area contributed by atoms with E-state index in [2.05, 4.69) is 17.8 Å². The highest BCUT2D eigenvalue weighted by atomic mass is 32.1. The maximum absolute atomic E-state index is 9.28. The fourth-order valence-electron chi connectivity index (χ4n) is 0.628. The van der Waals surface area contributed by atoms with Crippen molar-refractivity contribution in [3.05, 3.63) is 22.4 Å². The number of terminal acetylenes is 1. The Hall–Kier alpha value is -1.22. The van der Waals surface area contributed by atoms with E-state index in [9.17, 15) is 5.11 Å². The third-order valence-corrected chi connectivity index (χ3v) is 2.02. The van der Waals surface area contributed by atoms with Crippen molar-refractivity contribution in [1.82, 2.24) is 0 Å². The summed E-state index contributed by atoms with van der Waals surface area (Å²) in [7, 11) is 0. The topological polar surface area (TPSA) is 20.2 Å². The first-order valence-electron chi connectivity index (χ1n) is 3.02. The molecule has 0 radical (unpaired) electrons. The molecular formula is C9H6OS. The van der Waals surface area contributed by atoms with Crippen molar-refractivity contribution in [2.45, 2.75) is 6.10 Å². The molecule has 1 aromatic heterocycles. The standard InChI is InChI=1S/C9H6OS/c1-2-3-5-8(10)9-6-4-7-11-9/h1,4,6-8,10H. The Balaban J connectivity index is 2.72. The molecule has 1 aromatic rings. The summed E-state index contributed by atoms with van der Waals surface area (Å²) in [6, 6.07) is 3.68. The van der Waals surface area contributed by atoms with E-state index in [-0.39, 0.29) is 0 Å². The molecule has 1 nitrogen and oxygen atoms in total. The quantitative estimate of drug-likeness (QED) is 0.619. The Bertz CT molecular complexity index is 308. The summed E-state index contributed by atoms with van der Waals surface area (Å²) in [5.41, 5.74) is 0. The molecule has 0 fully saturated rings. The molecule has 0 saturated heterocycles. The highest BCUT2D eigenvalue weighted by molar-refractivity contribution is 7.10. The van der Waals surface area contributed by atoms with Crippen LogP contribution in [0.5, 0.6) is 0 Å². The van der Waals surface area contributed by atoms with Gasteiger partial charge in [0.25, 0.3) is 0 Å². The molecule has 1 rings (SSSR count). The molecule has 11 heavy (non-hydrogen) atoms. The average molecular weight is 162 g/mol. The van der Waals surface area contributed by atoms with Gasteiger partial charge in [0.15, 0.2) is 0 Å².